The quantitative estimate of drug-likeness (QED) is 0.523. The number of allylic oxidation sites excluding steroid dienone is 2. The molecular weight excluding hydrogens is 466 g/mol. The highest BCUT2D eigenvalue weighted by atomic mass is 19.1. The molecule has 2 saturated heterocycles. The van der Waals surface area contributed by atoms with Crippen molar-refractivity contribution < 1.29 is 27.8 Å². The summed E-state index contributed by atoms with van der Waals surface area (Å²) in [6.07, 6.45) is 4.81. The number of hydrogen-bond acceptors (Lipinski definition) is 4. The Morgan fingerprint density at radius 1 is 1.06 bits per heavy atom. The Balaban J connectivity index is 1.25. The Bertz CT molecular complexity index is 982. The second-order valence-corrected chi connectivity index (χ2v) is 11.2. The van der Waals surface area contributed by atoms with Crippen LogP contribution in [0.3, 0.4) is 0 Å². The molecule has 3 aliphatic rings. The molecule has 0 spiro atoms. The van der Waals surface area contributed by atoms with Gasteiger partial charge in [0, 0.05) is 25.6 Å². The number of amides is 2. The molecule has 2 atom stereocenters. The molecule has 4 rings (SSSR count). The maximum absolute atomic E-state index is 14.8. The standard InChI is InChI=1S/C28H38F2N2O4/c1-28(2,3)36-27(34)31-13-10-19(11-14-31)18-35-25-9-8-22(16-24(25)30)20-4-6-21(7-5-20)26(33)32-15-12-23(29)17-32/h4,8-9,16,19,21,23H,5-7,10-15,17-18H2,1-3H3/t21?,23-/m1/s1. The lowest BCUT2D eigenvalue weighted by molar-refractivity contribution is -0.134. The first-order valence-corrected chi connectivity index (χ1v) is 13.1. The van der Waals surface area contributed by atoms with Crippen LogP contribution in [-0.2, 0) is 9.53 Å². The first-order valence-electron chi connectivity index (χ1n) is 13.1. The minimum atomic E-state index is -0.905. The summed E-state index contributed by atoms with van der Waals surface area (Å²) in [5, 5.41) is 0. The van der Waals surface area contributed by atoms with Gasteiger partial charge in [0.25, 0.3) is 0 Å². The van der Waals surface area contributed by atoms with Crippen LogP contribution in [-0.4, -0.2) is 66.4 Å². The van der Waals surface area contributed by atoms with Crippen molar-refractivity contribution in [1.29, 1.82) is 0 Å². The number of rotatable bonds is 5. The fourth-order valence-electron chi connectivity index (χ4n) is 5.13. The molecule has 0 radical (unpaired) electrons. The molecular formula is C28H38F2N2O4. The maximum Gasteiger partial charge on any atom is 0.410 e. The lowest BCUT2D eigenvalue weighted by atomic mass is 9.86. The van der Waals surface area contributed by atoms with Gasteiger partial charge in [0.05, 0.1) is 13.2 Å². The first-order chi connectivity index (χ1) is 17.1. The van der Waals surface area contributed by atoms with Crippen LogP contribution in [0.4, 0.5) is 13.6 Å². The second kappa shape index (κ2) is 11.2. The van der Waals surface area contributed by atoms with Crippen LogP contribution >= 0.6 is 0 Å². The summed E-state index contributed by atoms with van der Waals surface area (Å²) in [5.74, 6) is 0.00329. The Kier molecular flexibility index (Phi) is 8.20. The number of piperidine rings is 1. The van der Waals surface area contributed by atoms with E-state index in [1.54, 1.807) is 15.9 Å². The highest BCUT2D eigenvalue weighted by molar-refractivity contribution is 5.81. The minimum Gasteiger partial charge on any atom is -0.490 e. The van der Waals surface area contributed by atoms with Crippen molar-refractivity contribution in [2.75, 3.05) is 32.8 Å². The van der Waals surface area contributed by atoms with E-state index in [0.717, 1.165) is 24.0 Å². The Morgan fingerprint density at radius 3 is 2.36 bits per heavy atom. The molecule has 0 N–H and O–H groups in total. The molecule has 2 fully saturated rings. The van der Waals surface area contributed by atoms with E-state index in [2.05, 4.69) is 0 Å². The fraction of sp³-hybridized carbons (Fsp3) is 0.643. The third kappa shape index (κ3) is 6.77. The summed E-state index contributed by atoms with van der Waals surface area (Å²) in [6.45, 7) is 7.89. The molecule has 1 unspecified atom stereocenters. The van der Waals surface area contributed by atoms with Crippen molar-refractivity contribution in [3.8, 4) is 5.75 Å². The molecule has 1 aromatic carbocycles. The molecule has 0 saturated carbocycles. The van der Waals surface area contributed by atoms with E-state index in [1.807, 2.05) is 32.9 Å². The Morgan fingerprint density at radius 2 is 1.78 bits per heavy atom. The zero-order valence-electron chi connectivity index (χ0n) is 21.6. The first kappa shape index (κ1) is 26.4. The number of carbonyl (C=O) groups is 2. The van der Waals surface area contributed by atoms with Gasteiger partial charge in [0.15, 0.2) is 11.6 Å². The van der Waals surface area contributed by atoms with Gasteiger partial charge in [-0.05, 0) is 88.5 Å². The van der Waals surface area contributed by atoms with E-state index in [9.17, 15) is 18.4 Å². The SMILES string of the molecule is CC(C)(C)OC(=O)N1CCC(COc2ccc(C3=CCC(C(=O)N4CC[C@@H](F)C4)CC3)cc2F)CC1. The van der Waals surface area contributed by atoms with Crippen LogP contribution in [0.2, 0.25) is 0 Å². The molecule has 2 amide bonds. The highest BCUT2D eigenvalue weighted by Crippen LogP contribution is 2.34. The molecule has 2 heterocycles. The van der Waals surface area contributed by atoms with Crippen LogP contribution in [0.25, 0.3) is 5.57 Å². The van der Waals surface area contributed by atoms with Crippen molar-refractivity contribution in [1.82, 2.24) is 9.80 Å². The number of halogens is 2. The average molecular weight is 505 g/mol. The summed E-state index contributed by atoms with van der Waals surface area (Å²) in [4.78, 5) is 28.2. The van der Waals surface area contributed by atoms with Gasteiger partial charge < -0.3 is 19.3 Å². The lowest BCUT2D eigenvalue weighted by Gasteiger charge is -2.33. The van der Waals surface area contributed by atoms with Gasteiger partial charge in [-0.2, -0.15) is 0 Å². The predicted octanol–water partition coefficient (Wildman–Crippen LogP) is 5.61. The fourth-order valence-corrected chi connectivity index (χ4v) is 5.13. The predicted molar refractivity (Wildman–Crippen MR) is 134 cm³/mol. The average Bonchev–Trinajstić information content (AvgIpc) is 3.28. The van der Waals surface area contributed by atoms with Gasteiger partial charge in [-0.25, -0.2) is 13.6 Å². The Labute approximate surface area is 212 Å². The van der Waals surface area contributed by atoms with Crippen molar-refractivity contribution in [3.63, 3.8) is 0 Å². The van der Waals surface area contributed by atoms with Crippen LogP contribution < -0.4 is 4.74 Å². The van der Waals surface area contributed by atoms with Crippen LogP contribution in [0.5, 0.6) is 5.75 Å². The molecule has 2 aliphatic heterocycles. The number of benzene rings is 1. The normalized spacial score (nSPS) is 23.4. The number of hydrogen-bond donors (Lipinski definition) is 0. The van der Waals surface area contributed by atoms with E-state index < -0.39 is 17.6 Å². The molecule has 0 aromatic heterocycles. The number of likely N-dealkylation sites (tertiary alicyclic amines) is 2. The number of ether oxygens (including phenoxy) is 2. The van der Waals surface area contributed by atoms with Crippen LogP contribution in [0.1, 0.15) is 64.9 Å². The van der Waals surface area contributed by atoms with Crippen molar-refractivity contribution >= 4 is 17.6 Å². The number of carbonyl (C=O) groups excluding carboxylic acids is 2. The minimum absolute atomic E-state index is 0.0392. The topological polar surface area (TPSA) is 59.1 Å². The van der Waals surface area contributed by atoms with Gasteiger partial charge in [-0.1, -0.05) is 12.1 Å². The zero-order valence-corrected chi connectivity index (χ0v) is 21.6. The van der Waals surface area contributed by atoms with E-state index in [-0.39, 0.29) is 36.1 Å². The molecule has 198 valence electrons. The monoisotopic (exact) mass is 504 g/mol. The van der Waals surface area contributed by atoms with Crippen LogP contribution in [0.15, 0.2) is 24.3 Å². The largest absolute Gasteiger partial charge is 0.490 e. The Hall–Kier alpha value is -2.64. The van der Waals surface area contributed by atoms with E-state index in [0.29, 0.717) is 51.9 Å². The summed E-state index contributed by atoms with van der Waals surface area (Å²) >= 11 is 0. The van der Waals surface area contributed by atoms with E-state index >= 15 is 0 Å². The van der Waals surface area contributed by atoms with Crippen molar-refractivity contribution in [2.24, 2.45) is 11.8 Å². The summed E-state index contributed by atoms with van der Waals surface area (Å²) in [5.41, 5.74) is 1.33. The third-order valence-electron chi connectivity index (χ3n) is 7.25. The molecule has 8 heteroatoms. The van der Waals surface area contributed by atoms with Gasteiger partial charge in [-0.15, -0.1) is 0 Å². The lowest BCUT2D eigenvalue weighted by Crippen LogP contribution is -2.42. The molecule has 0 bridgehead atoms. The highest BCUT2D eigenvalue weighted by Gasteiger charge is 2.32. The van der Waals surface area contributed by atoms with Crippen LogP contribution in [0, 0.1) is 17.7 Å². The van der Waals surface area contributed by atoms with E-state index in [4.69, 9.17) is 9.47 Å². The maximum atomic E-state index is 14.8. The second-order valence-electron chi connectivity index (χ2n) is 11.2. The summed E-state index contributed by atoms with van der Waals surface area (Å²) in [6, 6.07) is 5.04. The van der Waals surface area contributed by atoms with E-state index in [1.165, 1.54) is 6.07 Å². The third-order valence-corrected chi connectivity index (χ3v) is 7.25. The molecule has 1 aromatic rings. The summed E-state index contributed by atoms with van der Waals surface area (Å²) < 4.78 is 39.5. The zero-order chi connectivity index (χ0) is 25.9. The molecule has 36 heavy (non-hydrogen) atoms. The van der Waals surface area contributed by atoms with Gasteiger partial charge in [-0.3, -0.25) is 4.79 Å². The smallest absolute Gasteiger partial charge is 0.410 e. The molecule has 1 aliphatic carbocycles. The molecule has 6 nitrogen and oxygen atoms in total. The van der Waals surface area contributed by atoms with Crippen molar-refractivity contribution in [3.05, 3.63) is 35.7 Å². The summed E-state index contributed by atoms with van der Waals surface area (Å²) in [7, 11) is 0. The van der Waals surface area contributed by atoms with Gasteiger partial charge in [0.2, 0.25) is 5.91 Å². The van der Waals surface area contributed by atoms with Crippen molar-refractivity contribution in [2.45, 2.75) is 71.1 Å². The number of alkyl halides is 1. The van der Waals surface area contributed by atoms with Gasteiger partial charge in [0.1, 0.15) is 11.8 Å². The number of nitrogens with zero attached hydrogens (tertiary/aromatic N) is 2. The van der Waals surface area contributed by atoms with Gasteiger partial charge >= 0.3 is 6.09 Å².